The molecule has 3 nitrogen and oxygen atoms in total. The number of pyridine rings is 1. The molecule has 12 heavy (non-hydrogen) atoms. The first-order valence-electron chi connectivity index (χ1n) is 3.32. The smallest absolute Gasteiger partial charge is 0.213 e. The summed E-state index contributed by atoms with van der Waals surface area (Å²) >= 11 is 0. The Morgan fingerprint density at radius 2 is 2.42 bits per heavy atom. The number of Topliss-reactive ketones (excluding diaryl/α,β-unsaturated/α-hetero) is 1. The third-order valence-corrected chi connectivity index (χ3v) is 1.32. The molecular formula is C8H6FNO2. The van der Waals surface area contributed by atoms with Crippen molar-refractivity contribution >= 4 is 12.1 Å². The van der Waals surface area contributed by atoms with Gasteiger partial charge in [0.15, 0.2) is 5.78 Å². The van der Waals surface area contributed by atoms with E-state index in [0.29, 0.717) is 6.29 Å². The number of ketones is 1. The van der Waals surface area contributed by atoms with Gasteiger partial charge in [0, 0.05) is 17.8 Å². The monoisotopic (exact) mass is 167 g/mol. The van der Waals surface area contributed by atoms with Crippen LogP contribution in [0, 0.1) is 5.95 Å². The van der Waals surface area contributed by atoms with Crippen molar-refractivity contribution in [2.75, 3.05) is 0 Å². The Kier molecular flexibility index (Phi) is 2.63. The summed E-state index contributed by atoms with van der Waals surface area (Å²) in [6.45, 7) is 0. The van der Waals surface area contributed by atoms with Crippen LogP contribution in [0.3, 0.4) is 0 Å². The summed E-state index contributed by atoms with van der Waals surface area (Å²) < 4.78 is 12.4. The van der Waals surface area contributed by atoms with Crippen LogP contribution in [-0.2, 0) is 4.79 Å². The van der Waals surface area contributed by atoms with E-state index in [1.165, 1.54) is 12.3 Å². The zero-order valence-corrected chi connectivity index (χ0v) is 6.16. The number of halogens is 1. The molecule has 0 aliphatic heterocycles. The molecule has 0 aliphatic carbocycles. The molecule has 1 heterocycles. The molecule has 0 amide bonds. The Hall–Kier alpha value is -1.58. The van der Waals surface area contributed by atoms with Gasteiger partial charge in [-0.3, -0.25) is 4.79 Å². The van der Waals surface area contributed by atoms with E-state index in [1.54, 1.807) is 0 Å². The summed E-state index contributed by atoms with van der Waals surface area (Å²) in [5.41, 5.74) is 0.176. The van der Waals surface area contributed by atoms with Crippen LogP contribution in [0.2, 0.25) is 0 Å². The lowest BCUT2D eigenvalue weighted by Crippen LogP contribution is -2.00. The van der Waals surface area contributed by atoms with Crippen molar-refractivity contribution < 1.29 is 14.0 Å². The van der Waals surface area contributed by atoms with Gasteiger partial charge in [-0.05, 0) is 6.07 Å². The largest absolute Gasteiger partial charge is 0.303 e. The maximum atomic E-state index is 12.4. The molecule has 0 bridgehead atoms. The zero-order valence-electron chi connectivity index (χ0n) is 6.16. The van der Waals surface area contributed by atoms with E-state index in [1.807, 2.05) is 0 Å². The third-order valence-electron chi connectivity index (χ3n) is 1.32. The predicted octanol–water partition coefficient (Wildman–Crippen LogP) is 0.992. The molecule has 0 aliphatic rings. The average molecular weight is 167 g/mol. The maximum absolute atomic E-state index is 12.4. The average Bonchev–Trinajstić information content (AvgIpc) is 2.05. The Morgan fingerprint density at radius 1 is 1.67 bits per heavy atom. The van der Waals surface area contributed by atoms with Gasteiger partial charge in [-0.15, -0.1) is 0 Å². The number of carbonyl (C=O) groups excluding carboxylic acids is 2. The SMILES string of the molecule is O=CCC(=O)c1ccnc(F)c1. The van der Waals surface area contributed by atoms with Crippen molar-refractivity contribution in [3.05, 3.63) is 29.8 Å². The molecule has 0 atom stereocenters. The number of rotatable bonds is 3. The summed E-state index contributed by atoms with van der Waals surface area (Å²) in [5, 5.41) is 0. The van der Waals surface area contributed by atoms with Gasteiger partial charge < -0.3 is 4.79 Å². The molecule has 0 radical (unpaired) electrons. The van der Waals surface area contributed by atoms with Crippen LogP contribution in [0.5, 0.6) is 0 Å². The Morgan fingerprint density at radius 3 is 3.00 bits per heavy atom. The molecule has 0 N–H and O–H groups in total. The first kappa shape index (κ1) is 8.52. The predicted molar refractivity (Wildman–Crippen MR) is 39.2 cm³/mol. The molecular weight excluding hydrogens is 161 g/mol. The second kappa shape index (κ2) is 3.71. The lowest BCUT2D eigenvalue weighted by Gasteiger charge is -1.94. The van der Waals surface area contributed by atoms with Gasteiger partial charge in [0.05, 0.1) is 6.42 Å². The van der Waals surface area contributed by atoms with E-state index >= 15 is 0 Å². The fraction of sp³-hybridized carbons (Fsp3) is 0.125. The lowest BCUT2D eigenvalue weighted by molar-refractivity contribution is -0.107. The van der Waals surface area contributed by atoms with Gasteiger partial charge in [0.25, 0.3) is 0 Å². The molecule has 1 rings (SSSR count). The van der Waals surface area contributed by atoms with Crippen LogP contribution in [-0.4, -0.2) is 17.1 Å². The van der Waals surface area contributed by atoms with Crippen molar-refractivity contribution in [1.29, 1.82) is 0 Å². The second-order valence-corrected chi connectivity index (χ2v) is 2.16. The first-order chi connectivity index (χ1) is 5.74. The topological polar surface area (TPSA) is 47.0 Å². The van der Waals surface area contributed by atoms with Crippen molar-refractivity contribution in [2.45, 2.75) is 6.42 Å². The maximum Gasteiger partial charge on any atom is 0.213 e. The second-order valence-electron chi connectivity index (χ2n) is 2.16. The van der Waals surface area contributed by atoms with Crippen LogP contribution in [0.1, 0.15) is 16.8 Å². The van der Waals surface area contributed by atoms with E-state index in [4.69, 9.17) is 0 Å². The first-order valence-corrected chi connectivity index (χ1v) is 3.32. The molecule has 62 valence electrons. The zero-order chi connectivity index (χ0) is 8.97. The lowest BCUT2D eigenvalue weighted by atomic mass is 10.1. The van der Waals surface area contributed by atoms with Crippen molar-refractivity contribution in [3.8, 4) is 0 Å². The quantitative estimate of drug-likeness (QED) is 0.292. The van der Waals surface area contributed by atoms with Gasteiger partial charge in [0.2, 0.25) is 5.95 Å². The van der Waals surface area contributed by atoms with E-state index in [0.717, 1.165) is 6.07 Å². The molecule has 0 spiro atoms. The minimum absolute atomic E-state index is 0.176. The third kappa shape index (κ3) is 1.95. The molecule has 0 saturated heterocycles. The highest BCUT2D eigenvalue weighted by Crippen LogP contribution is 2.02. The Bertz CT molecular complexity index is 312. The fourth-order valence-corrected chi connectivity index (χ4v) is 0.769. The highest BCUT2D eigenvalue weighted by molar-refractivity contribution is 6.02. The molecule has 0 aromatic carbocycles. The molecule has 0 fully saturated rings. The van der Waals surface area contributed by atoms with Crippen LogP contribution >= 0.6 is 0 Å². The fourth-order valence-electron chi connectivity index (χ4n) is 0.769. The number of nitrogens with zero attached hydrogens (tertiary/aromatic N) is 1. The summed E-state index contributed by atoms with van der Waals surface area (Å²) in [6, 6.07) is 2.38. The van der Waals surface area contributed by atoms with E-state index < -0.39 is 11.7 Å². The highest BCUT2D eigenvalue weighted by Gasteiger charge is 2.05. The van der Waals surface area contributed by atoms with Gasteiger partial charge in [-0.2, -0.15) is 4.39 Å². The van der Waals surface area contributed by atoms with Crippen LogP contribution in [0.25, 0.3) is 0 Å². The Balaban J connectivity index is 2.87. The summed E-state index contributed by atoms with van der Waals surface area (Å²) in [7, 11) is 0. The van der Waals surface area contributed by atoms with Crippen LogP contribution in [0.4, 0.5) is 4.39 Å². The van der Waals surface area contributed by atoms with Crippen LogP contribution in [0.15, 0.2) is 18.3 Å². The van der Waals surface area contributed by atoms with Crippen molar-refractivity contribution in [2.24, 2.45) is 0 Å². The normalized spacial score (nSPS) is 9.42. The van der Waals surface area contributed by atoms with E-state index in [9.17, 15) is 14.0 Å². The molecule has 0 saturated carbocycles. The summed E-state index contributed by atoms with van der Waals surface area (Å²) in [5.74, 6) is -1.11. The van der Waals surface area contributed by atoms with Crippen molar-refractivity contribution in [1.82, 2.24) is 4.98 Å². The van der Waals surface area contributed by atoms with Gasteiger partial charge in [-0.25, -0.2) is 4.98 Å². The number of hydrogen-bond acceptors (Lipinski definition) is 3. The minimum atomic E-state index is -0.716. The Labute approximate surface area is 68.2 Å². The highest BCUT2D eigenvalue weighted by atomic mass is 19.1. The van der Waals surface area contributed by atoms with Crippen molar-refractivity contribution in [3.63, 3.8) is 0 Å². The molecule has 4 heteroatoms. The number of aldehydes is 1. The summed E-state index contributed by atoms with van der Waals surface area (Å²) in [4.78, 5) is 24.2. The van der Waals surface area contributed by atoms with Crippen LogP contribution < -0.4 is 0 Å². The van der Waals surface area contributed by atoms with Gasteiger partial charge in [0.1, 0.15) is 6.29 Å². The molecule has 1 aromatic heterocycles. The standard InChI is InChI=1S/C8H6FNO2/c9-8-5-6(1-3-10-8)7(12)2-4-11/h1,3-5H,2H2. The molecule has 0 unspecified atom stereocenters. The van der Waals surface area contributed by atoms with E-state index in [2.05, 4.69) is 4.98 Å². The number of carbonyl (C=O) groups is 2. The minimum Gasteiger partial charge on any atom is -0.303 e. The molecule has 1 aromatic rings. The number of aromatic nitrogens is 1. The summed E-state index contributed by atoms with van der Waals surface area (Å²) in [6.07, 6.45) is 1.46. The van der Waals surface area contributed by atoms with Gasteiger partial charge in [-0.1, -0.05) is 0 Å². The number of hydrogen-bond donors (Lipinski definition) is 0. The van der Waals surface area contributed by atoms with E-state index in [-0.39, 0.29) is 12.0 Å². The van der Waals surface area contributed by atoms with Gasteiger partial charge >= 0.3 is 0 Å².